The van der Waals surface area contributed by atoms with E-state index in [0.717, 1.165) is 12.1 Å². The average Bonchev–Trinajstić information content (AvgIpc) is 2.57. The van der Waals surface area contributed by atoms with Gasteiger partial charge in [0.05, 0.1) is 23.7 Å². The van der Waals surface area contributed by atoms with E-state index in [1.807, 2.05) is 51.1 Å². The second-order valence-electron chi connectivity index (χ2n) is 6.52. The predicted octanol–water partition coefficient (Wildman–Crippen LogP) is 2.59. The minimum Gasteiger partial charge on any atom is -0.377 e. The van der Waals surface area contributed by atoms with Gasteiger partial charge in [-0.25, -0.2) is 8.42 Å². The smallest absolute Gasteiger partial charge is 0.191 e. The quantitative estimate of drug-likeness (QED) is 0.225. The standard InChI is InChI=1S/C18H31N3O3S.HI/c1-5-19-17(21-15-18(2,3)24-4)20-12-9-13-25(22,23)14-16-10-7-6-8-11-16;/h6-8,10-11H,5,9,12-15H2,1-4H3,(H2,19,20,21);1H. The Kier molecular flexibility index (Phi) is 12.1. The third kappa shape index (κ3) is 11.0. The first-order valence-corrected chi connectivity index (χ1v) is 10.4. The van der Waals surface area contributed by atoms with Crippen molar-refractivity contribution in [1.82, 2.24) is 10.6 Å². The van der Waals surface area contributed by atoms with Gasteiger partial charge in [0.2, 0.25) is 0 Å². The highest BCUT2D eigenvalue weighted by Gasteiger charge is 2.16. The molecule has 0 aliphatic heterocycles. The summed E-state index contributed by atoms with van der Waals surface area (Å²) in [4.78, 5) is 4.48. The molecule has 0 spiro atoms. The van der Waals surface area contributed by atoms with Crippen LogP contribution in [0, 0.1) is 0 Å². The van der Waals surface area contributed by atoms with Crippen LogP contribution in [0.1, 0.15) is 32.8 Å². The van der Waals surface area contributed by atoms with Crippen molar-refractivity contribution < 1.29 is 13.2 Å². The van der Waals surface area contributed by atoms with Crippen LogP contribution in [0.4, 0.5) is 0 Å². The zero-order valence-electron chi connectivity index (χ0n) is 16.1. The molecule has 1 aromatic carbocycles. The van der Waals surface area contributed by atoms with E-state index in [0.29, 0.717) is 25.5 Å². The normalized spacial score (nSPS) is 12.4. The first kappa shape index (κ1) is 25.1. The van der Waals surface area contributed by atoms with E-state index in [1.165, 1.54) is 0 Å². The molecule has 0 bridgehead atoms. The second kappa shape index (κ2) is 12.5. The Bertz CT molecular complexity index is 634. The Labute approximate surface area is 175 Å². The summed E-state index contributed by atoms with van der Waals surface area (Å²) in [6.45, 7) is 7.74. The summed E-state index contributed by atoms with van der Waals surface area (Å²) in [5, 5.41) is 6.32. The fraction of sp³-hybridized carbons (Fsp3) is 0.611. The zero-order valence-corrected chi connectivity index (χ0v) is 19.3. The lowest BCUT2D eigenvalue weighted by Gasteiger charge is -2.21. The van der Waals surface area contributed by atoms with Crippen molar-refractivity contribution >= 4 is 39.8 Å². The van der Waals surface area contributed by atoms with E-state index in [4.69, 9.17) is 4.74 Å². The van der Waals surface area contributed by atoms with Crippen LogP contribution in [0.3, 0.4) is 0 Å². The number of ether oxygens (including phenoxy) is 1. The Morgan fingerprint density at radius 1 is 1.19 bits per heavy atom. The molecule has 0 saturated heterocycles. The van der Waals surface area contributed by atoms with Crippen LogP contribution in [0.5, 0.6) is 0 Å². The number of benzene rings is 1. The number of hydrogen-bond acceptors (Lipinski definition) is 4. The summed E-state index contributed by atoms with van der Waals surface area (Å²) < 4.78 is 29.7. The van der Waals surface area contributed by atoms with Gasteiger partial charge in [-0.1, -0.05) is 30.3 Å². The molecule has 150 valence electrons. The third-order valence-electron chi connectivity index (χ3n) is 3.67. The molecule has 0 aromatic heterocycles. The number of hydrogen-bond donors (Lipinski definition) is 2. The molecule has 0 atom stereocenters. The lowest BCUT2D eigenvalue weighted by molar-refractivity contribution is 0.0310. The Hall–Kier alpha value is -0.870. The molecule has 1 aromatic rings. The Morgan fingerprint density at radius 3 is 2.42 bits per heavy atom. The molecule has 0 fully saturated rings. The number of methoxy groups -OCH3 is 1. The topological polar surface area (TPSA) is 79.8 Å². The van der Waals surface area contributed by atoms with Crippen molar-refractivity contribution in [3.8, 4) is 0 Å². The van der Waals surface area contributed by atoms with Crippen molar-refractivity contribution in [3.63, 3.8) is 0 Å². The van der Waals surface area contributed by atoms with Crippen molar-refractivity contribution in [2.45, 2.75) is 38.5 Å². The molecule has 0 aliphatic carbocycles. The Morgan fingerprint density at radius 2 is 1.85 bits per heavy atom. The van der Waals surface area contributed by atoms with E-state index < -0.39 is 9.84 Å². The van der Waals surface area contributed by atoms with Gasteiger partial charge in [-0.15, -0.1) is 24.0 Å². The fourth-order valence-corrected chi connectivity index (χ4v) is 3.50. The molecule has 26 heavy (non-hydrogen) atoms. The van der Waals surface area contributed by atoms with Crippen LogP contribution in [0.25, 0.3) is 0 Å². The molecule has 0 saturated carbocycles. The molecular weight excluding hydrogens is 465 g/mol. The molecule has 0 amide bonds. The summed E-state index contributed by atoms with van der Waals surface area (Å²) in [5.41, 5.74) is 0.494. The maximum Gasteiger partial charge on any atom is 0.191 e. The zero-order chi connectivity index (χ0) is 18.8. The van der Waals surface area contributed by atoms with Gasteiger partial charge < -0.3 is 15.4 Å². The van der Waals surface area contributed by atoms with Crippen molar-refractivity contribution in [3.05, 3.63) is 35.9 Å². The van der Waals surface area contributed by atoms with Crippen LogP contribution in [-0.4, -0.2) is 52.5 Å². The predicted molar refractivity (Wildman–Crippen MR) is 119 cm³/mol. The van der Waals surface area contributed by atoms with E-state index in [1.54, 1.807) is 7.11 Å². The van der Waals surface area contributed by atoms with Gasteiger partial charge in [0, 0.05) is 20.2 Å². The van der Waals surface area contributed by atoms with E-state index in [9.17, 15) is 8.42 Å². The number of halogens is 1. The minimum atomic E-state index is -3.10. The van der Waals surface area contributed by atoms with Crippen molar-refractivity contribution in [1.29, 1.82) is 0 Å². The molecule has 0 aliphatic rings. The van der Waals surface area contributed by atoms with Crippen LogP contribution in [-0.2, 0) is 20.3 Å². The van der Waals surface area contributed by atoms with Crippen molar-refractivity contribution in [2.75, 3.05) is 32.5 Å². The first-order valence-electron chi connectivity index (χ1n) is 8.59. The maximum absolute atomic E-state index is 12.2. The van der Waals surface area contributed by atoms with Crippen LogP contribution in [0.15, 0.2) is 35.3 Å². The van der Waals surface area contributed by atoms with Crippen molar-refractivity contribution in [2.24, 2.45) is 4.99 Å². The van der Waals surface area contributed by atoms with Gasteiger partial charge in [-0.3, -0.25) is 4.99 Å². The summed E-state index contributed by atoms with van der Waals surface area (Å²) in [6.07, 6.45) is 0.535. The van der Waals surface area contributed by atoms with E-state index >= 15 is 0 Å². The monoisotopic (exact) mass is 497 g/mol. The fourth-order valence-electron chi connectivity index (χ4n) is 2.07. The molecular formula is C18H32IN3O3S. The van der Waals surface area contributed by atoms with Gasteiger partial charge in [0.25, 0.3) is 0 Å². The van der Waals surface area contributed by atoms with Gasteiger partial charge in [0.1, 0.15) is 0 Å². The number of sulfone groups is 1. The number of rotatable bonds is 10. The molecule has 0 radical (unpaired) electrons. The lowest BCUT2D eigenvalue weighted by Crippen LogP contribution is -2.39. The maximum atomic E-state index is 12.2. The number of nitrogens with one attached hydrogen (secondary N) is 2. The van der Waals surface area contributed by atoms with Crippen LogP contribution < -0.4 is 10.6 Å². The van der Waals surface area contributed by atoms with Gasteiger partial charge in [0.15, 0.2) is 15.8 Å². The van der Waals surface area contributed by atoms with E-state index in [2.05, 4.69) is 15.6 Å². The lowest BCUT2D eigenvalue weighted by atomic mass is 10.1. The molecule has 6 nitrogen and oxygen atoms in total. The SMILES string of the molecule is CCNC(=NCC(C)(C)OC)NCCCS(=O)(=O)Cc1ccccc1.I. The number of guanidine groups is 1. The highest BCUT2D eigenvalue weighted by Crippen LogP contribution is 2.08. The van der Waals surface area contributed by atoms with Crippen LogP contribution in [0.2, 0.25) is 0 Å². The van der Waals surface area contributed by atoms with E-state index in [-0.39, 0.29) is 41.1 Å². The van der Waals surface area contributed by atoms with Gasteiger partial charge in [-0.05, 0) is 32.8 Å². The minimum absolute atomic E-state index is 0. The molecule has 0 heterocycles. The van der Waals surface area contributed by atoms with Gasteiger partial charge in [-0.2, -0.15) is 0 Å². The summed E-state index contributed by atoms with van der Waals surface area (Å²) in [5.74, 6) is 0.912. The second-order valence-corrected chi connectivity index (χ2v) is 8.70. The molecule has 2 N–H and O–H groups in total. The number of aliphatic imine (C=N–C) groups is 1. The first-order chi connectivity index (χ1) is 11.8. The average molecular weight is 497 g/mol. The largest absolute Gasteiger partial charge is 0.377 e. The molecule has 0 unspecified atom stereocenters. The Balaban J connectivity index is 0.00000625. The van der Waals surface area contributed by atoms with Gasteiger partial charge >= 0.3 is 0 Å². The highest BCUT2D eigenvalue weighted by atomic mass is 127. The highest BCUT2D eigenvalue weighted by molar-refractivity contribution is 14.0. The summed E-state index contributed by atoms with van der Waals surface area (Å²) in [7, 11) is -1.44. The number of nitrogens with zero attached hydrogens (tertiary/aromatic N) is 1. The molecule has 1 rings (SSSR count). The summed E-state index contributed by atoms with van der Waals surface area (Å²) in [6, 6.07) is 9.26. The van der Waals surface area contributed by atoms with Crippen LogP contribution >= 0.6 is 24.0 Å². The molecule has 8 heteroatoms. The summed E-state index contributed by atoms with van der Waals surface area (Å²) >= 11 is 0. The third-order valence-corrected chi connectivity index (χ3v) is 5.35.